The van der Waals surface area contributed by atoms with E-state index in [1.165, 1.54) is 11.3 Å². The predicted molar refractivity (Wildman–Crippen MR) is 75.9 cm³/mol. The van der Waals surface area contributed by atoms with Crippen molar-refractivity contribution in [3.8, 4) is 0 Å². The maximum absolute atomic E-state index is 12.1. The van der Waals surface area contributed by atoms with E-state index in [2.05, 4.69) is 4.72 Å². The van der Waals surface area contributed by atoms with E-state index in [4.69, 9.17) is 11.6 Å². The molecule has 0 fully saturated rings. The molecule has 0 aliphatic heterocycles. The first kappa shape index (κ1) is 13.4. The minimum Gasteiger partial charge on any atom is -0.279 e. The van der Waals surface area contributed by atoms with Gasteiger partial charge in [-0.15, -0.1) is 22.9 Å². The van der Waals surface area contributed by atoms with Gasteiger partial charge in [-0.25, -0.2) is 8.42 Å². The summed E-state index contributed by atoms with van der Waals surface area (Å²) in [6, 6.07) is 10.4. The third-order valence-corrected chi connectivity index (χ3v) is 5.50. The van der Waals surface area contributed by atoms with Gasteiger partial charge in [-0.3, -0.25) is 4.72 Å². The number of thiophene rings is 1. The predicted octanol–water partition coefficient (Wildman–Crippen LogP) is 3.60. The molecule has 18 heavy (non-hydrogen) atoms. The van der Waals surface area contributed by atoms with Crippen LogP contribution in [-0.2, 0) is 15.9 Å². The second-order valence-corrected chi connectivity index (χ2v) is 7.27. The lowest BCUT2D eigenvalue weighted by Crippen LogP contribution is -2.11. The van der Waals surface area contributed by atoms with E-state index in [0.717, 1.165) is 10.4 Å². The first-order valence-corrected chi connectivity index (χ1v) is 8.09. The highest BCUT2D eigenvalue weighted by molar-refractivity contribution is 7.94. The van der Waals surface area contributed by atoms with Gasteiger partial charge in [-0.2, -0.15) is 0 Å². The standard InChI is InChI=1S/C12H12ClNO2S2/c1-9-5-6-12(17-9)18(15,16)14-11-4-2-3-10(7-11)8-13/h2-7,14H,8H2,1H3. The van der Waals surface area contributed by atoms with Crippen LogP contribution in [-0.4, -0.2) is 8.42 Å². The van der Waals surface area contributed by atoms with Gasteiger partial charge in [0.1, 0.15) is 4.21 Å². The third kappa shape index (κ3) is 3.04. The normalized spacial score (nSPS) is 11.4. The lowest BCUT2D eigenvalue weighted by Gasteiger charge is -2.07. The van der Waals surface area contributed by atoms with Crippen molar-refractivity contribution in [3.05, 3.63) is 46.8 Å². The van der Waals surface area contributed by atoms with Crippen LogP contribution >= 0.6 is 22.9 Å². The minimum absolute atomic E-state index is 0.316. The van der Waals surface area contributed by atoms with Crippen molar-refractivity contribution in [1.82, 2.24) is 0 Å². The summed E-state index contributed by atoms with van der Waals surface area (Å²) >= 11 is 6.96. The van der Waals surface area contributed by atoms with E-state index in [1.807, 2.05) is 13.0 Å². The van der Waals surface area contributed by atoms with Crippen molar-refractivity contribution in [2.24, 2.45) is 0 Å². The minimum atomic E-state index is -3.49. The molecule has 1 N–H and O–H groups in total. The number of hydrogen-bond donors (Lipinski definition) is 1. The van der Waals surface area contributed by atoms with Gasteiger partial charge in [-0.05, 0) is 36.8 Å². The van der Waals surface area contributed by atoms with Crippen molar-refractivity contribution < 1.29 is 8.42 Å². The summed E-state index contributed by atoms with van der Waals surface area (Å²) in [5.41, 5.74) is 1.40. The monoisotopic (exact) mass is 301 g/mol. The fourth-order valence-corrected chi connectivity index (χ4v) is 3.98. The molecule has 0 saturated heterocycles. The highest BCUT2D eigenvalue weighted by Crippen LogP contribution is 2.23. The number of benzene rings is 1. The van der Waals surface area contributed by atoms with Gasteiger partial charge in [0.2, 0.25) is 0 Å². The molecule has 2 rings (SSSR count). The Balaban J connectivity index is 2.27. The number of aryl methyl sites for hydroxylation is 1. The van der Waals surface area contributed by atoms with Gasteiger partial charge in [-0.1, -0.05) is 12.1 Å². The van der Waals surface area contributed by atoms with Gasteiger partial charge < -0.3 is 0 Å². The summed E-state index contributed by atoms with van der Waals surface area (Å²) in [5.74, 6) is 0.355. The Labute approximate surface area is 115 Å². The van der Waals surface area contributed by atoms with E-state index in [-0.39, 0.29) is 0 Å². The summed E-state index contributed by atoms with van der Waals surface area (Å²) < 4.78 is 27.0. The van der Waals surface area contributed by atoms with Gasteiger partial charge in [0.25, 0.3) is 10.0 Å². The Morgan fingerprint density at radius 2 is 2.06 bits per heavy atom. The molecule has 1 aromatic carbocycles. The molecule has 0 unspecified atom stereocenters. The maximum atomic E-state index is 12.1. The number of hydrogen-bond acceptors (Lipinski definition) is 3. The highest BCUT2D eigenvalue weighted by atomic mass is 35.5. The Morgan fingerprint density at radius 1 is 1.28 bits per heavy atom. The zero-order valence-electron chi connectivity index (χ0n) is 9.68. The number of anilines is 1. The molecule has 6 heteroatoms. The first-order valence-electron chi connectivity index (χ1n) is 5.25. The number of rotatable bonds is 4. The molecule has 2 aromatic rings. The first-order chi connectivity index (χ1) is 8.51. The molecule has 96 valence electrons. The quantitative estimate of drug-likeness (QED) is 0.877. The van der Waals surface area contributed by atoms with Crippen LogP contribution in [0.4, 0.5) is 5.69 Å². The third-order valence-electron chi connectivity index (χ3n) is 2.31. The van der Waals surface area contributed by atoms with Crippen LogP contribution in [0.1, 0.15) is 10.4 Å². The van der Waals surface area contributed by atoms with Gasteiger partial charge in [0.05, 0.1) is 0 Å². The molecular weight excluding hydrogens is 290 g/mol. The lowest BCUT2D eigenvalue weighted by molar-refractivity contribution is 0.603. The summed E-state index contributed by atoms with van der Waals surface area (Å²) in [6.07, 6.45) is 0. The molecule has 0 bridgehead atoms. The van der Waals surface area contributed by atoms with Crippen molar-refractivity contribution in [3.63, 3.8) is 0 Å². The summed E-state index contributed by atoms with van der Waals surface area (Å²) in [7, 11) is -3.49. The van der Waals surface area contributed by atoms with E-state index in [9.17, 15) is 8.42 Å². The van der Waals surface area contributed by atoms with Gasteiger partial charge in [0, 0.05) is 16.4 Å². The fraction of sp³-hybridized carbons (Fsp3) is 0.167. The maximum Gasteiger partial charge on any atom is 0.271 e. The molecule has 0 spiro atoms. The summed E-state index contributed by atoms with van der Waals surface area (Å²) in [6.45, 7) is 1.87. The lowest BCUT2D eigenvalue weighted by atomic mass is 10.2. The fourth-order valence-electron chi connectivity index (χ4n) is 1.48. The number of alkyl halides is 1. The van der Waals surface area contributed by atoms with Gasteiger partial charge in [0.15, 0.2) is 0 Å². The van der Waals surface area contributed by atoms with E-state index in [0.29, 0.717) is 15.8 Å². The number of sulfonamides is 1. The smallest absolute Gasteiger partial charge is 0.271 e. The molecular formula is C12H12ClNO2S2. The second kappa shape index (κ2) is 5.30. The van der Waals surface area contributed by atoms with Crippen LogP contribution in [0.2, 0.25) is 0 Å². The highest BCUT2D eigenvalue weighted by Gasteiger charge is 2.16. The van der Waals surface area contributed by atoms with Crippen LogP contribution in [0.5, 0.6) is 0 Å². The Morgan fingerprint density at radius 3 is 2.67 bits per heavy atom. The molecule has 0 amide bonds. The largest absolute Gasteiger partial charge is 0.279 e. The summed E-state index contributed by atoms with van der Waals surface area (Å²) in [5, 5.41) is 0. The van der Waals surface area contributed by atoms with Crippen molar-refractivity contribution in [2.75, 3.05) is 4.72 Å². The molecule has 3 nitrogen and oxygen atoms in total. The average molecular weight is 302 g/mol. The molecule has 0 aliphatic carbocycles. The van der Waals surface area contributed by atoms with E-state index in [1.54, 1.807) is 30.3 Å². The van der Waals surface area contributed by atoms with Gasteiger partial charge >= 0.3 is 0 Å². The Hall–Kier alpha value is -1.04. The Kier molecular flexibility index (Phi) is 3.94. The Bertz CT molecular complexity index is 650. The number of nitrogens with one attached hydrogen (secondary N) is 1. The molecule has 0 atom stereocenters. The topological polar surface area (TPSA) is 46.2 Å². The summed E-state index contributed by atoms with van der Waals surface area (Å²) in [4.78, 5) is 0.963. The van der Waals surface area contributed by atoms with E-state index < -0.39 is 10.0 Å². The second-order valence-electron chi connectivity index (χ2n) is 3.80. The average Bonchev–Trinajstić information content (AvgIpc) is 2.76. The molecule has 0 aliphatic rings. The molecule has 0 radical (unpaired) electrons. The van der Waals surface area contributed by atoms with Crippen LogP contribution in [0.25, 0.3) is 0 Å². The zero-order chi connectivity index (χ0) is 13.2. The zero-order valence-corrected chi connectivity index (χ0v) is 12.1. The van der Waals surface area contributed by atoms with Crippen molar-refractivity contribution in [1.29, 1.82) is 0 Å². The van der Waals surface area contributed by atoms with Crippen LogP contribution in [0.15, 0.2) is 40.6 Å². The SMILES string of the molecule is Cc1ccc(S(=O)(=O)Nc2cccc(CCl)c2)s1. The molecule has 1 aromatic heterocycles. The van der Waals surface area contributed by atoms with Crippen LogP contribution in [0, 0.1) is 6.92 Å². The van der Waals surface area contributed by atoms with Crippen molar-refractivity contribution in [2.45, 2.75) is 17.0 Å². The van der Waals surface area contributed by atoms with Crippen LogP contribution in [0.3, 0.4) is 0 Å². The molecule has 0 saturated carbocycles. The molecule has 1 heterocycles. The van der Waals surface area contributed by atoms with Crippen LogP contribution < -0.4 is 4.72 Å². The van der Waals surface area contributed by atoms with Crippen molar-refractivity contribution >= 4 is 38.6 Å². The number of halogens is 1. The van der Waals surface area contributed by atoms with E-state index >= 15 is 0 Å².